The number of thioether (sulfide) groups is 1. The highest BCUT2D eigenvalue weighted by Gasteiger charge is 2.06. The lowest BCUT2D eigenvalue weighted by Gasteiger charge is -2.07. The zero-order chi connectivity index (χ0) is 13.1. The summed E-state index contributed by atoms with van der Waals surface area (Å²) in [5.74, 6) is 0.263. The molecule has 0 fully saturated rings. The molecule has 0 radical (unpaired) electrons. The molecule has 0 saturated carbocycles. The molecule has 2 aromatic carbocycles. The fraction of sp³-hybridized carbons (Fsp3) is 0.0769. The molecule has 2 rings (SSSR count). The maximum absolute atomic E-state index is 13.1. The van der Waals surface area contributed by atoms with Gasteiger partial charge in [-0.2, -0.15) is 0 Å². The predicted molar refractivity (Wildman–Crippen MR) is 76.8 cm³/mol. The van der Waals surface area contributed by atoms with Gasteiger partial charge in [0.05, 0.1) is 5.02 Å². The summed E-state index contributed by atoms with van der Waals surface area (Å²) in [5, 5.41) is 1.14. The summed E-state index contributed by atoms with van der Waals surface area (Å²) in [5.41, 5.74) is 6.98. The third-order valence-corrected chi connectivity index (χ3v) is 4.26. The Labute approximate surface area is 119 Å². The first kappa shape index (κ1) is 13.5. The van der Waals surface area contributed by atoms with Crippen molar-refractivity contribution in [2.24, 2.45) is 0 Å². The van der Waals surface area contributed by atoms with Gasteiger partial charge in [-0.3, -0.25) is 0 Å². The molecular formula is C13H10Cl2FNS. The minimum Gasteiger partial charge on any atom is -0.399 e. The molecule has 0 heterocycles. The van der Waals surface area contributed by atoms with Crippen molar-refractivity contribution in [2.75, 3.05) is 5.73 Å². The normalized spacial score (nSPS) is 10.6. The van der Waals surface area contributed by atoms with Crippen molar-refractivity contribution < 1.29 is 4.39 Å². The van der Waals surface area contributed by atoms with Crippen LogP contribution in [0.2, 0.25) is 10.0 Å². The molecule has 2 aromatic rings. The summed E-state index contributed by atoms with van der Waals surface area (Å²) in [7, 11) is 0. The zero-order valence-electron chi connectivity index (χ0n) is 9.29. The SMILES string of the molecule is Nc1ccc(SCc2cc(F)ccc2Cl)c(Cl)c1. The third kappa shape index (κ3) is 3.31. The summed E-state index contributed by atoms with van der Waals surface area (Å²) in [6, 6.07) is 9.64. The summed E-state index contributed by atoms with van der Waals surface area (Å²) in [6.07, 6.45) is 0. The number of rotatable bonds is 3. The molecule has 0 amide bonds. The molecule has 0 spiro atoms. The summed E-state index contributed by atoms with van der Waals surface area (Å²) in [4.78, 5) is 0.895. The largest absolute Gasteiger partial charge is 0.399 e. The average molecular weight is 302 g/mol. The van der Waals surface area contributed by atoms with E-state index in [1.54, 1.807) is 18.2 Å². The van der Waals surface area contributed by atoms with Gasteiger partial charge >= 0.3 is 0 Å². The highest BCUT2D eigenvalue weighted by atomic mass is 35.5. The van der Waals surface area contributed by atoms with E-state index in [0.29, 0.717) is 21.5 Å². The van der Waals surface area contributed by atoms with E-state index in [0.717, 1.165) is 10.5 Å². The average Bonchev–Trinajstić information content (AvgIpc) is 2.32. The fourth-order valence-electron chi connectivity index (χ4n) is 1.44. The van der Waals surface area contributed by atoms with Crippen molar-refractivity contribution in [3.05, 3.63) is 57.8 Å². The molecule has 94 valence electrons. The number of hydrogen-bond donors (Lipinski definition) is 1. The van der Waals surface area contributed by atoms with E-state index >= 15 is 0 Å². The van der Waals surface area contributed by atoms with Crippen LogP contribution in [0.25, 0.3) is 0 Å². The first-order chi connectivity index (χ1) is 8.56. The van der Waals surface area contributed by atoms with E-state index in [2.05, 4.69) is 0 Å². The monoisotopic (exact) mass is 301 g/mol. The van der Waals surface area contributed by atoms with Gasteiger partial charge in [-0.25, -0.2) is 4.39 Å². The van der Waals surface area contributed by atoms with Gasteiger partial charge in [0.1, 0.15) is 5.82 Å². The molecule has 0 unspecified atom stereocenters. The van der Waals surface area contributed by atoms with Gasteiger partial charge < -0.3 is 5.73 Å². The second-order valence-corrected chi connectivity index (χ2v) is 5.55. The van der Waals surface area contributed by atoms with Crippen LogP contribution in [0.5, 0.6) is 0 Å². The lowest BCUT2D eigenvalue weighted by atomic mass is 10.2. The molecule has 0 aliphatic carbocycles. The van der Waals surface area contributed by atoms with Gasteiger partial charge in [0.2, 0.25) is 0 Å². The minimum atomic E-state index is -0.293. The summed E-state index contributed by atoms with van der Waals surface area (Å²) in [6.45, 7) is 0. The molecular weight excluding hydrogens is 292 g/mol. The number of halogens is 3. The van der Waals surface area contributed by atoms with Crippen LogP contribution in [0.3, 0.4) is 0 Å². The van der Waals surface area contributed by atoms with E-state index in [9.17, 15) is 4.39 Å². The standard InChI is InChI=1S/C13H10Cl2FNS/c14-11-3-1-9(16)5-8(11)7-18-13-4-2-10(17)6-12(13)15/h1-6H,7,17H2. The van der Waals surface area contributed by atoms with Crippen molar-refractivity contribution in [1.82, 2.24) is 0 Å². The van der Waals surface area contributed by atoms with Gasteiger partial charge in [-0.05, 0) is 42.0 Å². The smallest absolute Gasteiger partial charge is 0.123 e. The summed E-state index contributed by atoms with van der Waals surface area (Å²) >= 11 is 13.5. The number of hydrogen-bond acceptors (Lipinski definition) is 2. The van der Waals surface area contributed by atoms with Gasteiger partial charge in [0.15, 0.2) is 0 Å². The Morgan fingerprint density at radius 3 is 2.56 bits per heavy atom. The van der Waals surface area contributed by atoms with Crippen LogP contribution < -0.4 is 5.73 Å². The van der Waals surface area contributed by atoms with E-state index in [1.807, 2.05) is 6.07 Å². The molecule has 0 atom stereocenters. The Balaban J connectivity index is 2.13. The first-order valence-electron chi connectivity index (χ1n) is 5.18. The Bertz CT molecular complexity index is 575. The predicted octanol–water partition coefficient (Wildman–Crippen LogP) is 5.01. The molecule has 0 aliphatic rings. The number of anilines is 1. The Hall–Kier alpha value is -0.900. The summed E-state index contributed by atoms with van der Waals surface area (Å²) < 4.78 is 13.1. The van der Waals surface area contributed by atoms with E-state index < -0.39 is 0 Å². The first-order valence-corrected chi connectivity index (χ1v) is 6.92. The lowest BCUT2D eigenvalue weighted by Crippen LogP contribution is -1.87. The minimum absolute atomic E-state index is 0.293. The van der Waals surface area contributed by atoms with Crippen molar-refractivity contribution in [2.45, 2.75) is 10.6 Å². The number of benzene rings is 2. The Morgan fingerprint density at radius 2 is 1.83 bits per heavy atom. The maximum Gasteiger partial charge on any atom is 0.123 e. The Kier molecular flexibility index (Phi) is 4.38. The lowest BCUT2D eigenvalue weighted by molar-refractivity contribution is 0.626. The van der Waals surface area contributed by atoms with Crippen molar-refractivity contribution in [3.8, 4) is 0 Å². The van der Waals surface area contributed by atoms with Crippen molar-refractivity contribution >= 4 is 40.7 Å². The quantitative estimate of drug-likeness (QED) is 0.637. The number of nitrogen functional groups attached to an aromatic ring is 1. The van der Waals surface area contributed by atoms with Gasteiger partial charge in [-0.1, -0.05) is 23.2 Å². The molecule has 5 heteroatoms. The van der Waals surface area contributed by atoms with Gasteiger partial charge in [0.25, 0.3) is 0 Å². The van der Waals surface area contributed by atoms with E-state index in [1.165, 1.54) is 23.9 Å². The fourth-order valence-corrected chi connectivity index (χ4v) is 2.97. The molecule has 2 N–H and O–H groups in total. The topological polar surface area (TPSA) is 26.0 Å². The van der Waals surface area contributed by atoms with E-state index in [4.69, 9.17) is 28.9 Å². The number of nitrogens with two attached hydrogens (primary N) is 1. The van der Waals surface area contributed by atoms with Crippen LogP contribution in [-0.4, -0.2) is 0 Å². The molecule has 18 heavy (non-hydrogen) atoms. The van der Waals surface area contributed by atoms with Gasteiger partial charge in [-0.15, -0.1) is 11.8 Å². The van der Waals surface area contributed by atoms with Crippen LogP contribution in [-0.2, 0) is 5.75 Å². The van der Waals surface area contributed by atoms with Crippen LogP contribution in [0.4, 0.5) is 10.1 Å². The molecule has 0 aliphatic heterocycles. The van der Waals surface area contributed by atoms with Crippen LogP contribution >= 0.6 is 35.0 Å². The van der Waals surface area contributed by atoms with Crippen molar-refractivity contribution in [1.29, 1.82) is 0 Å². The maximum atomic E-state index is 13.1. The third-order valence-electron chi connectivity index (χ3n) is 2.35. The van der Waals surface area contributed by atoms with Crippen LogP contribution in [0.1, 0.15) is 5.56 Å². The molecule has 0 bridgehead atoms. The van der Waals surface area contributed by atoms with Gasteiger partial charge in [0, 0.05) is 21.4 Å². The zero-order valence-corrected chi connectivity index (χ0v) is 11.6. The highest BCUT2D eigenvalue weighted by molar-refractivity contribution is 7.98. The second kappa shape index (κ2) is 5.83. The second-order valence-electron chi connectivity index (χ2n) is 3.71. The van der Waals surface area contributed by atoms with Crippen LogP contribution in [0, 0.1) is 5.82 Å². The van der Waals surface area contributed by atoms with Crippen LogP contribution in [0.15, 0.2) is 41.3 Å². The molecule has 0 saturated heterocycles. The molecule has 0 aromatic heterocycles. The van der Waals surface area contributed by atoms with E-state index in [-0.39, 0.29) is 5.82 Å². The highest BCUT2D eigenvalue weighted by Crippen LogP contribution is 2.32. The Morgan fingerprint density at radius 1 is 1.06 bits per heavy atom. The van der Waals surface area contributed by atoms with Crippen molar-refractivity contribution in [3.63, 3.8) is 0 Å². The molecule has 1 nitrogen and oxygen atoms in total.